The van der Waals surface area contributed by atoms with Gasteiger partial charge in [0.1, 0.15) is 12.4 Å². The Kier molecular flexibility index (Phi) is 3.93. The van der Waals surface area contributed by atoms with Crippen LogP contribution >= 0.6 is 0 Å². The van der Waals surface area contributed by atoms with E-state index < -0.39 is 0 Å². The molecular formula is C15H23NO2. The van der Waals surface area contributed by atoms with E-state index in [2.05, 4.69) is 30.4 Å². The van der Waals surface area contributed by atoms with Crippen molar-refractivity contribution in [2.45, 2.75) is 32.2 Å². The van der Waals surface area contributed by atoms with Gasteiger partial charge < -0.3 is 15.2 Å². The quantitative estimate of drug-likeness (QED) is 0.810. The number of benzene rings is 1. The van der Waals surface area contributed by atoms with Crippen molar-refractivity contribution in [1.82, 2.24) is 5.32 Å². The third-order valence-corrected chi connectivity index (χ3v) is 3.97. The molecule has 2 N–H and O–H groups in total. The van der Waals surface area contributed by atoms with E-state index in [9.17, 15) is 5.11 Å². The van der Waals surface area contributed by atoms with Crippen molar-refractivity contribution in [3.63, 3.8) is 0 Å². The number of hydrogen-bond acceptors (Lipinski definition) is 3. The van der Waals surface area contributed by atoms with E-state index in [1.807, 2.05) is 14.0 Å². The first-order chi connectivity index (χ1) is 8.61. The fourth-order valence-corrected chi connectivity index (χ4v) is 2.35. The van der Waals surface area contributed by atoms with Crippen molar-refractivity contribution >= 4 is 0 Å². The maximum Gasteiger partial charge on any atom is 0.122 e. The highest BCUT2D eigenvalue weighted by atomic mass is 16.5. The second-order valence-corrected chi connectivity index (χ2v) is 5.40. The number of nitrogens with one attached hydrogen (secondary N) is 1. The predicted octanol–water partition coefficient (Wildman–Crippen LogP) is 2.04. The van der Waals surface area contributed by atoms with Crippen LogP contribution in [0.4, 0.5) is 0 Å². The molecule has 3 heteroatoms. The monoisotopic (exact) mass is 249 g/mol. The van der Waals surface area contributed by atoms with Gasteiger partial charge >= 0.3 is 0 Å². The third-order valence-electron chi connectivity index (χ3n) is 3.97. The molecule has 1 aliphatic carbocycles. The molecule has 0 radical (unpaired) electrons. The molecule has 2 rings (SSSR count). The molecule has 1 aromatic rings. The normalized spacial score (nSPS) is 18.4. The van der Waals surface area contributed by atoms with Crippen LogP contribution in [0.25, 0.3) is 0 Å². The van der Waals surface area contributed by atoms with Crippen LogP contribution in [0.2, 0.25) is 0 Å². The average molecular weight is 249 g/mol. The van der Waals surface area contributed by atoms with Gasteiger partial charge in [-0.2, -0.15) is 0 Å². The zero-order valence-corrected chi connectivity index (χ0v) is 11.5. The Hall–Kier alpha value is -1.06. The maximum absolute atomic E-state index is 9.65. The fraction of sp³-hybridized carbons (Fsp3) is 0.600. The van der Waals surface area contributed by atoms with E-state index in [1.54, 1.807) is 0 Å². The predicted molar refractivity (Wildman–Crippen MR) is 73.0 cm³/mol. The van der Waals surface area contributed by atoms with Crippen molar-refractivity contribution in [1.29, 1.82) is 0 Å². The van der Waals surface area contributed by atoms with Crippen molar-refractivity contribution in [3.8, 4) is 5.75 Å². The molecular weight excluding hydrogens is 226 g/mol. The van der Waals surface area contributed by atoms with Crippen LogP contribution in [0.3, 0.4) is 0 Å². The average Bonchev–Trinajstić information content (AvgIpc) is 3.20. The minimum Gasteiger partial charge on any atom is -0.491 e. The van der Waals surface area contributed by atoms with Crippen LogP contribution in [0.15, 0.2) is 18.2 Å². The topological polar surface area (TPSA) is 41.5 Å². The summed E-state index contributed by atoms with van der Waals surface area (Å²) in [6.07, 6.45) is 2.36. The first-order valence-electron chi connectivity index (χ1n) is 6.61. The molecule has 1 atom stereocenters. The van der Waals surface area contributed by atoms with Crippen molar-refractivity contribution in [2.24, 2.45) is 5.92 Å². The Bertz CT molecular complexity index is 409. The lowest BCUT2D eigenvalue weighted by Crippen LogP contribution is -2.53. The number of aliphatic hydroxyl groups excluding tert-OH is 1. The summed E-state index contributed by atoms with van der Waals surface area (Å²) in [4.78, 5) is 0. The van der Waals surface area contributed by atoms with Gasteiger partial charge in [0.25, 0.3) is 0 Å². The Morgan fingerprint density at radius 1 is 1.39 bits per heavy atom. The first kappa shape index (κ1) is 13.4. The highest BCUT2D eigenvalue weighted by Gasteiger charge is 2.44. The number of aryl methyl sites for hydroxylation is 2. The zero-order valence-electron chi connectivity index (χ0n) is 11.5. The first-order valence-corrected chi connectivity index (χ1v) is 6.61. The summed E-state index contributed by atoms with van der Waals surface area (Å²) in [5, 5.41) is 12.9. The third kappa shape index (κ3) is 2.68. The molecule has 0 amide bonds. The molecule has 0 saturated heterocycles. The number of aliphatic hydroxyl groups is 1. The lowest BCUT2D eigenvalue weighted by atomic mass is 9.95. The molecule has 0 aliphatic heterocycles. The summed E-state index contributed by atoms with van der Waals surface area (Å²) >= 11 is 0. The molecule has 1 saturated carbocycles. The summed E-state index contributed by atoms with van der Waals surface area (Å²) < 4.78 is 5.94. The lowest BCUT2D eigenvalue weighted by molar-refractivity contribution is 0.0911. The van der Waals surface area contributed by atoms with Gasteiger partial charge in [0.2, 0.25) is 0 Å². The summed E-state index contributed by atoms with van der Waals surface area (Å²) in [5.74, 6) is 1.46. The lowest BCUT2D eigenvalue weighted by Gasteiger charge is -2.31. The minimum absolute atomic E-state index is 0.124. The molecule has 0 spiro atoms. The highest BCUT2D eigenvalue weighted by Crippen LogP contribution is 2.39. The smallest absolute Gasteiger partial charge is 0.122 e. The standard InChI is InChI=1S/C15H23NO2/c1-11-4-5-12(2)14(8-11)18-10-15(9-17,16-3)13-6-7-13/h4-5,8,13,16-17H,6-7,9-10H2,1-3H3. The second kappa shape index (κ2) is 5.29. The molecule has 1 fully saturated rings. The highest BCUT2D eigenvalue weighted by molar-refractivity contribution is 5.36. The molecule has 100 valence electrons. The number of likely N-dealkylation sites (N-methyl/N-ethyl adjacent to an activating group) is 1. The van der Waals surface area contributed by atoms with E-state index in [-0.39, 0.29) is 12.1 Å². The Morgan fingerprint density at radius 3 is 2.67 bits per heavy atom. The van der Waals surface area contributed by atoms with E-state index in [1.165, 1.54) is 18.4 Å². The van der Waals surface area contributed by atoms with Crippen molar-refractivity contribution in [2.75, 3.05) is 20.3 Å². The Balaban J connectivity index is 2.07. The molecule has 0 bridgehead atoms. The van der Waals surface area contributed by atoms with Gasteiger partial charge in [-0.15, -0.1) is 0 Å². The van der Waals surface area contributed by atoms with Gasteiger partial charge in [-0.1, -0.05) is 12.1 Å². The van der Waals surface area contributed by atoms with Gasteiger partial charge in [-0.3, -0.25) is 0 Å². The van der Waals surface area contributed by atoms with Crippen LogP contribution in [0, 0.1) is 19.8 Å². The van der Waals surface area contributed by atoms with E-state index in [0.29, 0.717) is 12.5 Å². The van der Waals surface area contributed by atoms with Crippen LogP contribution in [0.5, 0.6) is 5.75 Å². The summed E-state index contributed by atoms with van der Waals surface area (Å²) in [6.45, 7) is 4.75. The zero-order chi connectivity index (χ0) is 13.2. The van der Waals surface area contributed by atoms with E-state index in [0.717, 1.165) is 11.3 Å². The molecule has 3 nitrogen and oxygen atoms in total. The molecule has 18 heavy (non-hydrogen) atoms. The minimum atomic E-state index is -0.282. The number of hydrogen-bond donors (Lipinski definition) is 2. The van der Waals surface area contributed by atoms with Crippen LogP contribution in [-0.4, -0.2) is 30.9 Å². The van der Waals surface area contributed by atoms with E-state index >= 15 is 0 Å². The van der Waals surface area contributed by atoms with Crippen molar-refractivity contribution in [3.05, 3.63) is 29.3 Å². The Labute approximate surface area is 109 Å². The van der Waals surface area contributed by atoms with Gasteiger partial charge in [0, 0.05) is 0 Å². The number of rotatable bonds is 6. The van der Waals surface area contributed by atoms with Crippen LogP contribution in [-0.2, 0) is 0 Å². The maximum atomic E-state index is 9.65. The summed E-state index contributed by atoms with van der Waals surface area (Å²) in [7, 11) is 1.90. The molecule has 1 unspecified atom stereocenters. The molecule has 0 aromatic heterocycles. The van der Waals surface area contributed by atoms with Crippen LogP contribution < -0.4 is 10.1 Å². The van der Waals surface area contributed by atoms with Gasteiger partial charge in [0.05, 0.1) is 12.1 Å². The number of ether oxygens (including phenoxy) is 1. The second-order valence-electron chi connectivity index (χ2n) is 5.40. The van der Waals surface area contributed by atoms with Gasteiger partial charge in [-0.25, -0.2) is 0 Å². The molecule has 1 aliphatic rings. The molecule has 0 heterocycles. The van der Waals surface area contributed by atoms with E-state index in [4.69, 9.17) is 4.74 Å². The SMILES string of the molecule is CNC(CO)(COc1cc(C)ccc1C)C1CC1. The van der Waals surface area contributed by atoms with Gasteiger partial charge in [0.15, 0.2) is 0 Å². The largest absolute Gasteiger partial charge is 0.491 e. The summed E-state index contributed by atoms with van der Waals surface area (Å²) in [6, 6.07) is 6.21. The van der Waals surface area contributed by atoms with Crippen molar-refractivity contribution < 1.29 is 9.84 Å². The molecule has 1 aromatic carbocycles. The van der Waals surface area contributed by atoms with Gasteiger partial charge in [-0.05, 0) is 56.8 Å². The fourth-order valence-electron chi connectivity index (χ4n) is 2.35. The van der Waals surface area contributed by atoms with Crippen LogP contribution in [0.1, 0.15) is 24.0 Å². The Morgan fingerprint density at radius 2 is 2.11 bits per heavy atom. The summed E-state index contributed by atoms with van der Waals surface area (Å²) in [5.41, 5.74) is 2.05.